The Labute approximate surface area is 116 Å². The molecule has 0 aliphatic heterocycles. The molecule has 19 heavy (non-hydrogen) atoms. The molecule has 0 unspecified atom stereocenters. The third kappa shape index (κ3) is 5.25. The molecule has 0 spiro atoms. The van der Waals surface area contributed by atoms with Gasteiger partial charge in [-0.15, -0.1) is 11.3 Å². The fraction of sp³-hybridized carbons (Fsp3) is 0.583. The van der Waals surface area contributed by atoms with Crippen LogP contribution in [0.2, 0.25) is 0 Å². The molecule has 0 bridgehead atoms. The molecule has 0 aromatic carbocycles. The maximum atomic E-state index is 11.9. The first-order valence-electron chi connectivity index (χ1n) is 6.01. The van der Waals surface area contributed by atoms with Crippen LogP contribution in [0.1, 0.15) is 26.0 Å². The van der Waals surface area contributed by atoms with Crippen LogP contribution in [0.15, 0.2) is 10.9 Å². The van der Waals surface area contributed by atoms with Crippen molar-refractivity contribution in [3.05, 3.63) is 16.6 Å². The van der Waals surface area contributed by atoms with E-state index in [-0.39, 0.29) is 5.92 Å². The van der Waals surface area contributed by atoms with E-state index in [0.29, 0.717) is 13.0 Å². The van der Waals surface area contributed by atoms with Crippen LogP contribution in [0.3, 0.4) is 0 Å². The van der Waals surface area contributed by atoms with E-state index in [9.17, 15) is 9.59 Å². The van der Waals surface area contributed by atoms with E-state index in [0.717, 1.165) is 5.69 Å². The lowest BCUT2D eigenvalue weighted by Crippen LogP contribution is -2.47. The minimum Gasteiger partial charge on any atom is -0.480 e. The smallest absolute Gasteiger partial charge is 0.326 e. The number of carbonyl (C=O) groups excluding carboxylic acids is 1. The zero-order valence-electron chi connectivity index (χ0n) is 11.3. The second kappa shape index (κ2) is 7.08. The van der Waals surface area contributed by atoms with Gasteiger partial charge in [-0.3, -0.25) is 0 Å². The van der Waals surface area contributed by atoms with Crippen LogP contribution in [0, 0.1) is 5.92 Å². The number of nitrogens with one attached hydrogen (secondary N) is 1. The Balaban J connectivity index is 2.53. The van der Waals surface area contributed by atoms with Gasteiger partial charge in [-0.25, -0.2) is 14.6 Å². The quantitative estimate of drug-likeness (QED) is 0.834. The summed E-state index contributed by atoms with van der Waals surface area (Å²) in [5.41, 5.74) is 2.48. The topological polar surface area (TPSA) is 82.5 Å². The van der Waals surface area contributed by atoms with Crippen molar-refractivity contribution in [1.29, 1.82) is 0 Å². The number of carboxylic acid groups (broad SMARTS) is 1. The summed E-state index contributed by atoms with van der Waals surface area (Å²) in [6.45, 7) is 4.20. The fourth-order valence-electron chi connectivity index (χ4n) is 1.58. The van der Waals surface area contributed by atoms with Gasteiger partial charge in [0, 0.05) is 12.4 Å². The highest BCUT2D eigenvalue weighted by Gasteiger charge is 2.22. The molecule has 1 rings (SSSR count). The molecule has 7 heteroatoms. The number of rotatable bonds is 6. The van der Waals surface area contributed by atoms with E-state index < -0.39 is 18.0 Å². The summed E-state index contributed by atoms with van der Waals surface area (Å²) in [6.07, 6.45) is 0.408. The van der Waals surface area contributed by atoms with Crippen LogP contribution in [-0.4, -0.2) is 40.1 Å². The SMILES string of the molecule is CC(C)C[C@H](NC(=O)N(C)Cc1cscn1)C(=O)O. The number of aromatic nitrogens is 1. The number of carbonyl (C=O) groups is 2. The highest BCUT2D eigenvalue weighted by Crippen LogP contribution is 2.07. The zero-order valence-corrected chi connectivity index (χ0v) is 12.1. The summed E-state index contributed by atoms with van der Waals surface area (Å²) in [5, 5.41) is 13.4. The van der Waals surface area contributed by atoms with Gasteiger partial charge in [0.25, 0.3) is 0 Å². The van der Waals surface area contributed by atoms with Crippen molar-refractivity contribution in [2.75, 3.05) is 7.05 Å². The molecular weight excluding hydrogens is 266 g/mol. The molecule has 0 radical (unpaired) electrons. The van der Waals surface area contributed by atoms with Crippen molar-refractivity contribution in [2.45, 2.75) is 32.9 Å². The molecule has 1 aromatic rings. The van der Waals surface area contributed by atoms with E-state index in [2.05, 4.69) is 10.3 Å². The fourth-order valence-corrected chi connectivity index (χ4v) is 2.13. The Kier molecular flexibility index (Phi) is 5.75. The average Bonchev–Trinajstić information content (AvgIpc) is 2.79. The Bertz CT molecular complexity index is 420. The molecule has 6 nitrogen and oxygen atoms in total. The summed E-state index contributed by atoms with van der Waals surface area (Å²) in [6, 6.07) is -1.26. The van der Waals surface area contributed by atoms with E-state index in [4.69, 9.17) is 5.11 Å². The Morgan fingerprint density at radius 1 is 1.53 bits per heavy atom. The van der Waals surface area contributed by atoms with Gasteiger partial charge in [-0.2, -0.15) is 0 Å². The Morgan fingerprint density at radius 3 is 2.68 bits per heavy atom. The summed E-state index contributed by atoms with van der Waals surface area (Å²) in [7, 11) is 1.61. The number of urea groups is 1. The number of aliphatic carboxylic acids is 1. The lowest BCUT2D eigenvalue weighted by atomic mass is 10.0. The van der Waals surface area contributed by atoms with Gasteiger partial charge in [0.1, 0.15) is 6.04 Å². The first-order valence-corrected chi connectivity index (χ1v) is 6.96. The minimum atomic E-state index is -1.01. The Hall–Kier alpha value is -1.63. The Morgan fingerprint density at radius 2 is 2.21 bits per heavy atom. The van der Waals surface area contributed by atoms with Crippen LogP contribution in [0.4, 0.5) is 4.79 Å². The van der Waals surface area contributed by atoms with E-state index in [1.165, 1.54) is 16.2 Å². The van der Waals surface area contributed by atoms with Crippen LogP contribution < -0.4 is 5.32 Å². The van der Waals surface area contributed by atoms with Gasteiger partial charge in [0.05, 0.1) is 17.7 Å². The molecule has 2 N–H and O–H groups in total. The zero-order chi connectivity index (χ0) is 14.4. The van der Waals surface area contributed by atoms with Crippen molar-refractivity contribution in [3.63, 3.8) is 0 Å². The van der Waals surface area contributed by atoms with E-state index in [1.807, 2.05) is 19.2 Å². The number of thiazole rings is 1. The molecule has 2 amide bonds. The summed E-state index contributed by atoms with van der Waals surface area (Å²) in [4.78, 5) is 28.5. The molecule has 0 aliphatic rings. The molecule has 1 aromatic heterocycles. The van der Waals surface area contributed by atoms with Crippen molar-refractivity contribution in [2.24, 2.45) is 5.92 Å². The van der Waals surface area contributed by atoms with Crippen molar-refractivity contribution in [3.8, 4) is 0 Å². The predicted molar refractivity (Wildman–Crippen MR) is 73.0 cm³/mol. The minimum absolute atomic E-state index is 0.199. The first kappa shape index (κ1) is 15.4. The maximum absolute atomic E-state index is 11.9. The lowest BCUT2D eigenvalue weighted by molar-refractivity contribution is -0.139. The molecule has 0 aliphatic carbocycles. The van der Waals surface area contributed by atoms with E-state index >= 15 is 0 Å². The van der Waals surface area contributed by atoms with Gasteiger partial charge in [-0.1, -0.05) is 13.8 Å². The number of hydrogen-bond acceptors (Lipinski definition) is 4. The first-order chi connectivity index (χ1) is 8.90. The van der Waals surface area contributed by atoms with Crippen molar-refractivity contribution in [1.82, 2.24) is 15.2 Å². The standard InChI is InChI=1S/C12H19N3O3S/c1-8(2)4-10(11(16)17)14-12(18)15(3)5-9-6-19-7-13-9/h6-8,10H,4-5H2,1-3H3,(H,14,18)(H,16,17)/t10-/m0/s1. The molecule has 1 atom stereocenters. The third-order valence-electron chi connectivity index (χ3n) is 2.53. The lowest BCUT2D eigenvalue weighted by Gasteiger charge is -2.21. The molecule has 0 saturated heterocycles. The average molecular weight is 285 g/mol. The van der Waals surface area contributed by atoms with Crippen molar-refractivity contribution < 1.29 is 14.7 Å². The van der Waals surface area contributed by atoms with Gasteiger partial charge >= 0.3 is 12.0 Å². The van der Waals surface area contributed by atoms with Crippen LogP contribution >= 0.6 is 11.3 Å². The molecule has 106 valence electrons. The maximum Gasteiger partial charge on any atom is 0.326 e. The summed E-state index contributed by atoms with van der Waals surface area (Å²) >= 11 is 1.46. The second-order valence-corrected chi connectivity index (χ2v) is 5.52. The van der Waals surface area contributed by atoms with Gasteiger partial charge in [0.15, 0.2) is 0 Å². The van der Waals surface area contributed by atoms with Crippen LogP contribution in [-0.2, 0) is 11.3 Å². The number of carboxylic acids is 1. The van der Waals surface area contributed by atoms with Crippen LogP contribution in [0.25, 0.3) is 0 Å². The monoisotopic (exact) mass is 285 g/mol. The summed E-state index contributed by atoms with van der Waals surface area (Å²) < 4.78 is 0. The van der Waals surface area contributed by atoms with Gasteiger partial charge in [-0.05, 0) is 12.3 Å². The van der Waals surface area contributed by atoms with Gasteiger partial charge in [0.2, 0.25) is 0 Å². The second-order valence-electron chi connectivity index (χ2n) is 4.81. The molecular formula is C12H19N3O3S. The largest absolute Gasteiger partial charge is 0.480 e. The number of nitrogens with zero attached hydrogens (tertiary/aromatic N) is 2. The molecule has 0 fully saturated rings. The highest BCUT2D eigenvalue weighted by molar-refractivity contribution is 7.07. The normalized spacial score (nSPS) is 12.2. The van der Waals surface area contributed by atoms with Crippen molar-refractivity contribution >= 4 is 23.3 Å². The van der Waals surface area contributed by atoms with E-state index in [1.54, 1.807) is 12.6 Å². The predicted octanol–water partition coefficient (Wildman–Crippen LogP) is 1.78. The number of hydrogen-bond donors (Lipinski definition) is 2. The third-order valence-corrected chi connectivity index (χ3v) is 3.17. The molecule has 1 heterocycles. The van der Waals surface area contributed by atoms with Gasteiger partial charge < -0.3 is 15.3 Å². The van der Waals surface area contributed by atoms with Crippen LogP contribution in [0.5, 0.6) is 0 Å². The summed E-state index contributed by atoms with van der Waals surface area (Å²) in [5.74, 6) is -0.811. The number of amides is 2. The molecule has 0 saturated carbocycles. The highest BCUT2D eigenvalue weighted by atomic mass is 32.1.